The van der Waals surface area contributed by atoms with Crippen LogP contribution in [0, 0.1) is 11.8 Å². The lowest BCUT2D eigenvalue weighted by atomic mass is 9.88. The Hall–Kier alpha value is -0.530. The molecule has 2 atom stereocenters. The second-order valence-electron chi connectivity index (χ2n) is 3.47. The number of carboxylic acids is 1. The first-order chi connectivity index (χ1) is 5.63. The Labute approximate surface area is 75.0 Å². The minimum Gasteiger partial charge on any atom is -0.481 e. The molecule has 2 nitrogen and oxygen atoms in total. The zero-order valence-corrected chi connectivity index (χ0v) is 8.34. The lowest BCUT2D eigenvalue weighted by molar-refractivity contribution is -0.143. The summed E-state index contributed by atoms with van der Waals surface area (Å²) in [6, 6.07) is 0. The number of carboxylic acid groups (broad SMARTS) is 1. The Balaban J connectivity index is 3.85. The first kappa shape index (κ1) is 11.5. The molecule has 72 valence electrons. The number of aliphatic carboxylic acids is 1. The second kappa shape index (κ2) is 6.04. The van der Waals surface area contributed by atoms with Gasteiger partial charge >= 0.3 is 5.97 Å². The van der Waals surface area contributed by atoms with Crippen LogP contribution in [0.3, 0.4) is 0 Å². The molecule has 2 heteroatoms. The summed E-state index contributed by atoms with van der Waals surface area (Å²) in [6.45, 7) is 6.12. The molecular weight excluding hydrogens is 152 g/mol. The van der Waals surface area contributed by atoms with Crippen molar-refractivity contribution in [3.8, 4) is 0 Å². The number of carbonyl (C=O) groups is 1. The summed E-state index contributed by atoms with van der Waals surface area (Å²) in [7, 11) is 0. The van der Waals surface area contributed by atoms with Gasteiger partial charge < -0.3 is 5.11 Å². The monoisotopic (exact) mass is 172 g/mol. The van der Waals surface area contributed by atoms with Gasteiger partial charge in [-0.25, -0.2) is 0 Å². The number of hydrogen-bond acceptors (Lipinski definition) is 1. The molecule has 0 fully saturated rings. The van der Waals surface area contributed by atoms with Gasteiger partial charge in [-0.05, 0) is 18.8 Å². The largest absolute Gasteiger partial charge is 0.481 e. The maximum atomic E-state index is 10.7. The lowest BCUT2D eigenvalue weighted by Crippen LogP contribution is -2.20. The minimum atomic E-state index is -0.638. The Morgan fingerprint density at radius 2 is 2.00 bits per heavy atom. The molecule has 0 aliphatic carbocycles. The summed E-state index contributed by atoms with van der Waals surface area (Å²) in [5, 5.41) is 8.84. The molecule has 0 aromatic carbocycles. The maximum Gasteiger partial charge on any atom is 0.306 e. The van der Waals surface area contributed by atoms with Crippen LogP contribution in [0.2, 0.25) is 0 Å². The van der Waals surface area contributed by atoms with E-state index in [1.54, 1.807) is 0 Å². The molecule has 0 bridgehead atoms. The van der Waals surface area contributed by atoms with Gasteiger partial charge in [0, 0.05) is 0 Å². The summed E-state index contributed by atoms with van der Waals surface area (Å²) in [4.78, 5) is 10.7. The lowest BCUT2D eigenvalue weighted by Gasteiger charge is -2.17. The number of hydrogen-bond donors (Lipinski definition) is 1. The van der Waals surface area contributed by atoms with Gasteiger partial charge in [-0.3, -0.25) is 4.79 Å². The first-order valence-electron chi connectivity index (χ1n) is 4.86. The van der Waals surface area contributed by atoms with E-state index in [9.17, 15) is 4.79 Å². The van der Waals surface area contributed by atoms with E-state index in [-0.39, 0.29) is 5.92 Å². The predicted molar refractivity (Wildman–Crippen MR) is 50.1 cm³/mol. The van der Waals surface area contributed by atoms with Crippen LogP contribution in [0.5, 0.6) is 0 Å². The van der Waals surface area contributed by atoms with E-state index in [1.165, 1.54) is 0 Å². The van der Waals surface area contributed by atoms with Crippen LogP contribution in [-0.2, 0) is 4.79 Å². The van der Waals surface area contributed by atoms with Gasteiger partial charge in [-0.15, -0.1) is 0 Å². The summed E-state index contributed by atoms with van der Waals surface area (Å²) in [5.74, 6) is -0.454. The fraction of sp³-hybridized carbons (Fsp3) is 0.900. The molecule has 1 N–H and O–H groups in total. The number of unbranched alkanes of at least 4 members (excludes halogenated alkanes) is 1. The maximum absolute atomic E-state index is 10.7. The van der Waals surface area contributed by atoms with Gasteiger partial charge in [0.15, 0.2) is 0 Å². The Bertz CT molecular complexity index is 132. The third-order valence-electron chi connectivity index (χ3n) is 2.46. The normalized spacial score (nSPS) is 15.6. The molecule has 0 saturated carbocycles. The van der Waals surface area contributed by atoms with Gasteiger partial charge in [0.05, 0.1) is 5.92 Å². The van der Waals surface area contributed by atoms with Gasteiger partial charge in [0.25, 0.3) is 0 Å². The van der Waals surface area contributed by atoms with E-state index in [0.717, 1.165) is 25.7 Å². The quantitative estimate of drug-likeness (QED) is 0.668. The molecule has 0 spiro atoms. The van der Waals surface area contributed by atoms with Crippen LogP contribution in [-0.4, -0.2) is 11.1 Å². The Kier molecular flexibility index (Phi) is 5.77. The molecule has 0 saturated heterocycles. The van der Waals surface area contributed by atoms with Crippen molar-refractivity contribution in [1.82, 2.24) is 0 Å². The zero-order valence-electron chi connectivity index (χ0n) is 8.34. The number of rotatable bonds is 6. The predicted octanol–water partition coefficient (Wildman–Crippen LogP) is 2.92. The third kappa shape index (κ3) is 3.74. The molecule has 0 heterocycles. The van der Waals surface area contributed by atoms with Crippen molar-refractivity contribution in [3.63, 3.8) is 0 Å². The van der Waals surface area contributed by atoms with Crippen molar-refractivity contribution in [2.24, 2.45) is 11.8 Å². The topological polar surface area (TPSA) is 37.3 Å². The molecule has 0 aromatic heterocycles. The molecule has 0 radical (unpaired) electrons. The minimum absolute atomic E-state index is 0.142. The van der Waals surface area contributed by atoms with Crippen molar-refractivity contribution < 1.29 is 9.90 Å². The molecule has 0 rings (SSSR count). The van der Waals surface area contributed by atoms with E-state index >= 15 is 0 Å². The van der Waals surface area contributed by atoms with Gasteiger partial charge in [0.2, 0.25) is 0 Å². The van der Waals surface area contributed by atoms with Crippen LogP contribution in [0.1, 0.15) is 46.5 Å². The average Bonchev–Trinajstić information content (AvgIpc) is 2.01. The van der Waals surface area contributed by atoms with Crippen LogP contribution in [0.25, 0.3) is 0 Å². The average molecular weight is 172 g/mol. The van der Waals surface area contributed by atoms with E-state index in [1.807, 2.05) is 13.8 Å². The molecule has 0 aliphatic rings. The van der Waals surface area contributed by atoms with E-state index < -0.39 is 5.97 Å². The molecular formula is C10H20O2. The first-order valence-corrected chi connectivity index (χ1v) is 4.86. The standard InChI is InChI=1S/C10H20O2/c1-4-6-7-8(3)9(5-2)10(11)12/h8-9H,4-7H2,1-3H3,(H,11,12)/t8-,9-/m1/s1. The highest BCUT2D eigenvalue weighted by atomic mass is 16.4. The second-order valence-corrected chi connectivity index (χ2v) is 3.47. The van der Waals surface area contributed by atoms with E-state index in [4.69, 9.17) is 5.11 Å². The van der Waals surface area contributed by atoms with Gasteiger partial charge in [0.1, 0.15) is 0 Å². The highest BCUT2D eigenvalue weighted by molar-refractivity contribution is 5.70. The van der Waals surface area contributed by atoms with Crippen molar-refractivity contribution in [1.29, 1.82) is 0 Å². The summed E-state index contributed by atoms with van der Waals surface area (Å²) < 4.78 is 0. The molecule has 0 aromatic rings. The van der Waals surface area contributed by atoms with Crippen LogP contribution >= 0.6 is 0 Å². The van der Waals surface area contributed by atoms with Crippen molar-refractivity contribution in [2.75, 3.05) is 0 Å². The highest BCUT2D eigenvalue weighted by Gasteiger charge is 2.21. The van der Waals surface area contributed by atoms with Crippen LogP contribution in [0.4, 0.5) is 0 Å². The summed E-state index contributed by atoms with van der Waals surface area (Å²) in [6.07, 6.45) is 4.09. The molecule has 0 amide bonds. The van der Waals surface area contributed by atoms with Crippen molar-refractivity contribution in [2.45, 2.75) is 46.5 Å². The molecule has 0 unspecified atom stereocenters. The van der Waals surface area contributed by atoms with Crippen molar-refractivity contribution >= 4 is 5.97 Å². The van der Waals surface area contributed by atoms with E-state index in [2.05, 4.69) is 6.92 Å². The van der Waals surface area contributed by atoms with Gasteiger partial charge in [-0.1, -0.05) is 33.6 Å². The smallest absolute Gasteiger partial charge is 0.306 e. The van der Waals surface area contributed by atoms with Crippen LogP contribution in [0.15, 0.2) is 0 Å². The zero-order chi connectivity index (χ0) is 9.56. The summed E-state index contributed by atoms with van der Waals surface area (Å²) >= 11 is 0. The van der Waals surface area contributed by atoms with Gasteiger partial charge in [-0.2, -0.15) is 0 Å². The Morgan fingerprint density at radius 3 is 2.33 bits per heavy atom. The Morgan fingerprint density at radius 1 is 1.42 bits per heavy atom. The highest BCUT2D eigenvalue weighted by Crippen LogP contribution is 2.21. The SMILES string of the molecule is CCCC[C@@H](C)[C@@H](CC)C(=O)O. The molecule has 12 heavy (non-hydrogen) atoms. The fourth-order valence-electron chi connectivity index (χ4n) is 1.55. The van der Waals surface area contributed by atoms with E-state index in [0.29, 0.717) is 5.92 Å². The summed E-state index contributed by atoms with van der Waals surface area (Å²) in [5.41, 5.74) is 0. The molecule has 0 aliphatic heterocycles. The van der Waals surface area contributed by atoms with Crippen LogP contribution < -0.4 is 0 Å². The third-order valence-corrected chi connectivity index (χ3v) is 2.46. The van der Waals surface area contributed by atoms with Crippen molar-refractivity contribution in [3.05, 3.63) is 0 Å². The fourth-order valence-corrected chi connectivity index (χ4v) is 1.55.